The minimum Gasteiger partial charge on any atom is -0.396 e. The van der Waals surface area contributed by atoms with E-state index in [0.29, 0.717) is 57.8 Å². The molecule has 12 rings (SSSR count). The molecule has 0 spiro atoms. The Kier molecular flexibility index (Phi) is 16.2. The summed E-state index contributed by atoms with van der Waals surface area (Å²) in [7, 11) is 0. The molecule has 8 saturated heterocycles. The monoisotopic (exact) mass is 1080 g/mol. The van der Waals surface area contributed by atoms with Gasteiger partial charge in [0.2, 0.25) is 0 Å². The molecule has 0 saturated carbocycles. The lowest BCUT2D eigenvalue weighted by molar-refractivity contribution is -0.341. The molecule has 12 aliphatic rings. The molecule has 0 radical (unpaired) electrons. The molecule has 0 aliphatic carbocycles. The zero-order chi connectivity index (χ0) is 53.5. The summed E-state index contributed by atoms with van der Waals surface area (Å²) in [5.74, 6) is -2.11. The highest BCUT2D eigenvalue weighted by molar-refractivity contribution is 5.18. The van der Waals surface area contributed by atoms with E-state index in [-0.39, 0.29) is 91.6 Å². The van der Waals surface area contributed by atoms with E-state index in [0.717, 1.165) is 6.42 Å². The molecule has 0 aromatic rings. The molecule has 12 aliphatic heterocycles. The van der Waals surface area contributed by atoms with Crippen molar-refractivity contribution in [2.75, 3.05) is 6.61 Å². The molecule has 428 valence electrons. The predicted octanol–water partition coefficient (Wildman–Crippen LogP) is 4.78. The van der Waals surface area contributed by atoms with Gasteiger partial charge in [-0.15, -0.1) is 0 Å². The van der Waals surface area contributed by atoms with Crippen LogP contribution >= 0.6 is 0 Å². The molecular weight excluding hydrogens is 993 g/mol. The lowest BCUT2D eigenvalue weighted by Crippen LogP contribution is -2.63. The maximum atomic E-state index is 12.4. The topological polar surface area (TPSA) is 212 Å². The van der Waals surface area contributed by atoms with Crippen molar-refractivity contribution in [3.8, 4) is 0 Å². The Bertz CT molecular complexity index is 2220. The summed E-state index contributed by atoms with van der Waals surface area (Å²) < 4.78 is 82.5. The van der Waals surface area contributed by atoms with Gasteiger partial charge in [0.05, 0.1) is 104 Å². The fourth-order valence-electron chi connectivity index (χ4n) is 15.3. The first kappa shape index (κ1) is 55.3. The summed E-state index contributed by atoms with van der Waals surface area (Å²) in [6, 6.07) is 0. The number of rotatable bonds is 5. The average Bonchev–Trinajstić information content (AvgIpc) is 3.92. The molecule has 0 bridgehead atoms. The van der Waals surface area contributed by atoms with E-state index in [1.54, 1.807) is 6.08 Å². The summed E-state index contributed by atoms with van der Waals surface area (Å²) in [5, 5.41) is 57.4. The SMILES string of the molecule is C=C/C=C\C1C=CCC2OC3CC4OC5C=CC6OC7CC(O)C8(C)OC9CC(C)CC%10OC%11C(CC%10OC9CC8OC7CC=CCC6OC5C=CC4OC3C(O)C2O1)OC1C(C)C(C)C(O)(CCCO)OC1C(O)C%11C. The van der Waals surface area contributed by atoms with Crippen molar-refractivity contribution in [2.24, 2.45) is 23.7 Å². The Balaban J connectivity index is 0.721. The molecule has 5 N–H and O–H groups in total. The molecule has 17 heteroatoms. The third kappa shape index (κ3) is 10.5. The highest BCUT2D eigenvalue weighted by atomic mass is 16.7. The molecule has 0 amide bonds. The summed E-state index contributed by atoms with van der Waals surface area (Å²) in [6.45, 7) is 13.9. The Morgan fingerprint density at radius 1 is 0.519 bits per heavy atom. The highest BCUT2D eigenvalue weighted by Crippen LogP contribution is 2.50. The number of ether oxygens (including phenoxy) is 12. The minimum atomic E-state index is -1.50. The van der Waals surface area contributed by atoms with Crippen LogP contribution in [0.2, 0.25) is 0 Å². The van der Waals surface area contributed by atoms with E-state index >= 15 is 0 Å². The fraction of sp³-hybridized carbons (Fsp3) is 0.800. The number of aliphatic hydroxyl groups is 5. The lowest BCUT2D eigenvalue weighted by Gasteiger charge is -2.53. The van der Waals surface area contributed by atoms with Gasteiger partial charge in [-0.3, -0.25) is 0 Å². The number of allylic oxidation sites excluding steroid dienone is 2. The Hall–Kier alpha value is -2.24. The Labute approximate surface area is 453 Å². The number of hydrogen-bond acceptors (Lipinski definition) is 17. The van der Waals surface area contributed by atoms with Crippen molar-refractivity contribution < 1.29 is 82.4 Å². The van der Waals surface area contributed by atoms with Crippen LogP contribution in [0.4, 0.5) is 0 Å². The zero-order valence-corrected chi connectivity index (χ0v) is 45.4. The van der Waals surface area contributed by atoms with Crippen molar-refractivity contribution in [3.63, 3.8) is 0 Å². The predicted molar refractivity (Wildman–Crippen MR) is 278 cm³/mol. The first-order chi connectivity index (χ1) is 37.1. The third-order valence-electron chi connectivity index (χ3n) is 20.0. The summed E-state index contributed by atoms with van der Waals surface area (Å²) in [6.07, 6.45) is 15.6. The quantitative estimate of drug-likeness (QED) is 0.185. The molecule has 0 aromatic heterocycles. The van der Waals surface area contributed by atoms with Crippen LogP contribution < -0.4 is 0 Å². The summed E-state index contributed by atoms with van der Waals surface area (Å²) >= 11 is 0. The zero-order valence-electron chi connectivity index (χ0n) is 45.4. The van der Waals surface area contributed by atoms with Gasteiger partial charge in [-0.2, -0.15) is 0 Å². The van der Waals surface area contributed by atoms with Crippen molar-refractivity contribution in [1.29, 1.82) is 0 Å². The van der Waals surface area contributed by atoms with E-state index in [1.807, 2.05) is 70.2 Å². The van der Waals surface area contributed by atoms with E-state index in [9.17, 15) is 25.5 Å². The second-order valence-corrected chi connectivity index (χ2v) is 25.0. The smallest absolute Gasteiger partial charge is 0.169 e. The maximum Gasteiger partial charge on any atom is 0.169 e. The van der Waals surface area contributed by atoms with Gasteiger partial charge in [-0.05, 0) is 57.3 Å². The van der Waals surface area contributed by atoms with Crippen LogP contribution in [0.15, 0.2) is 73.4 Å². The molecule has 8 fully saturated rings. The van der Waals surface area contributed by atoms with Gasteiger partial charge in [-0.1, -0.05) is 101 Å². The van der Waals surface area contributed by atoms with Gasteiger partial charge < -0.3 is 82.4 Å². The van der Waals surface area contributed by atoms with Crippen LogP contribution in [-0.2, 0) is 56.8 Å². The molecule has 17 nitrogen and oxygen atoms in total. The molecule has 31 atom stereocenters. The number of hydrogen-bond donors (Lipinski definition) is 5. The van der Waals surface area contributed by atoms with Crippen LogP contribution in [0.3, 0.4) is 0 Å². The second kappa shape index (κ2) is 22.5. The highest BCUT2D eigenvalue weighted by Gasteiger charge is 2.61. The van der Waals surface area contributed by atoms with E-state index < -0.39 is 109 Å². The first-order valence-corrected chi connectivity index (χ1v) is 29.4. The van der Waals surface area contributed by atoms with Crippen LogP contribution in [0, 0.1) is 23.7 Å². The Morgan fingerprint density at radius 3 is 1.91 bits per heavy atom. The minimum absolute atomic E-state index is 0.0639. The van der Waals surface area contributed by atoms with Crippen LogP contribution in [-0.4, -0.2) is 196 Å². The normalized spacial score (nSPS) is 55.3. The van der Waals surface area contributed by atoms with Gasteiger partial charge in [0.25, 0.3) is 0 Å². The van der Waals surface area contributed by atoms with Crippen LogP contribution in [0.25, 0.3) is 0 Å². The first-order valence-electron chi connectivity index (χ1n) is 29.4. The van der Waals surface area contributed by atoms with Crippen molar-refractivity contribution in [1.82, 2.24) is 0 Å². The van der Waals surface area contributed by atoms with Gasteiger partial charge in [0.1, 0.15) is 54.4 Å². The largest absolute Gasteiger partial charge is 0.396 e. The number of aliphatic hydroxyl groups excluding tert-OH is 4. The van der Waals surface area contributed by atoms with Crippen molar-refractivity contribution >= 4 is 0 Å². The average molecular weight is 1080 g/mol. The second-order valence-electron chi connectivity index (χ2n) is 25.0. The Morgan fingerprint density at radius 2 is 1.13 bits per heavy atom. The standard InChI is InChI=1S/C60H86O17/c1-7-8-13-34-14-11-17-41-56(66-34)53(64)57-49(70-41)26-43-40(73-57)21-20-38-39(68-43)19-18-37-35(67-38)15-9-10-16-36-45(69-37)28-50(62)59(6)51(72-36)29-46-47(76-59)25-30(2)24-42-44(71-46)27-48-54(74-42)32(4)52(63)58-55(75-48)31(3)33(5)60(65,77-58)22-12-23-61/h7-11,13-14,18-21,30-58,61-65H,1,12,15-17,22-29H2,2-6H3/b10-9?,13-8-. The van der Waals surface area contributed by atoms with E-state index in [1.165, 1.54) is 0 Å². The number of fused-ring (bicyclic) bond motifs is 11. The van der Waals surface area contributed by atoms with Crippen molar-refractivity contribution in [2.45, 2.75) is 269 Å². The van der Waals surface area contributed by atoms with Gasteiger partial charge in [0, 0.05) is 50.5 Å². The maximum absolute atomic E-state index is 12.4. The summed E-state index contributed by atoms with van der Waals surface area (Å²) in [4.78, 5) is 0. The van der Waals surface area contributed by atoms with Gasteiger partial charge in [-0.25, -0.2) is 0 Å². The molecular formula is C60H86O17. The molecule has 12 heterocycles. The lowest BCUT2D eigenvalue weighted by atomic mass is 9.75. The van der Waals surface area contributed by atoms with E-state index in [4.69, 9.17) is 56.8 Å². The van der Waals surface area contributed by atoms with E-state index in [2.05, 4.69) is 31.7 Å². The summed E-state index contributed by atoms with van der Waals surface area (Å²) in [5.41, 5.74) is -1.04. The van der Waals surface area contributed by atoms with Crippen molar-refractivity contribution in [3.05, 3.63) is 73.4 Å². The molecule has 77 heavy (non-hydrogen) atoms. The van der Waals surface area contributed by atoms with Crippen LogP contribution in [0.1, 0.15) is 105 Å². The molecule has 0 aromatic carbocycles. The van der Waals surface area contributed by atoms with Gasteiger partial charge in [0.15, 0.2) is 5.79 Å². The van der Waals surface area contributed by atoms with Crippen LogP contribution in [0.5, 0.6) is 0 Å². The molecule has 31 unspecified atom stereocenters. The third-order valence-corrected chi connectivity index (χ3v) is 20.0. The fourth-order valence-corrected chi connectivity index (χ4v) is 15.3. The van der Waals surface area contributed by atoms with Gasteiger partial charge >= 0.3 is 0 Å².